The molecule has 1 fully saturated rings. The molecule has 0 aromatic heterocycles. The zero-order chi connectivity index (χ0) is 19.7. The summed E-state index contributed by atoms with van der Waals surface area (Å²) in [4.78, 5) is 26.4. The second kappa shape index (κ2) is 7.75. The van der Waals surface area contributed by atoms with E-state index in [1.165, 1.54) is 0 Å². The van der Waals surface area contributed by atoms with Crippen molar-refractivity contribution < 1.29 is 19.4 Å². The number of hydrogen-bond acceptors (Lipinski definition) is 4. The molecule has 0 saturated carbocycles. The molecular formula is C19H25Cl2NO4. The zero-order valence-electron chi connectivity index (χ0n) is 15.5. The zero-order valence-corrected chi connectivity index (χ0v) is 17.0. The van der Waals surface area contributed by atoms with Crippen LogP contribution in [-0.4, -0.2) is 40.6 Å². The number of ether oxygens (including phenoxy) is 1. The number of likely N-dealkylation sites (tertiary alicyclic amines) is 1. The first-order chi connectivity index (χ1) is 11.9. The van der Waals surface area contributed by atoms with Gasteiger partial charge >= 0.3 is 11.9 Å². The smallest absolute Gasteiger partial charge is 0.311 e. The number of carboxylic acid groups (broad SMARTS) is 1. The third kappa shape index (κ3) is 4.70. The highest BCUT2D eigenvalue weighted by Crippen LogP contribution is 2.41. The van der Waals surface area contributed by atoms with Gasteiger partial charge in [-0.25, -0.2) is 0 Å². The molecule has 1 aromatic rings. The average molecular weight is 402 g/mol. The van der Waals surface area contributed by atoms with Gasteiger partial charge in [0, 0.05) is 35.2 Å². The molecule has 7 heteroatoms. The van der Waals surface area contributed by atoms with E-state index in [4.69, 9.17) is 27.9 Å². The number of carbonyl (C=O) groups excluding carboxylic acids is 1. The summed E-state index contributed by atoms with van der Waals surface area (Å²) in [5, 5.41) is 11.0. The first-order valence-corrected chi connectivity index (χ1v) is 9.31. The summed E-state index contributed by atoms with van der Waals surface area (Å²) < 4.78 is 5.35. The largest absolute Gasteiger partial charge is 0.481 e. The SMILES string of the molecule is C[C@H]1CN(Cc2c(Cl)cccc2Cl)C[C@@]1(CC(=O)OC(C)(C)C)C(=O)O. The van der Waals surface area contributed by atoms with Gasteiger partial charge in [0.25, 0.3) is 0 Å². The quantitative estimate of drug-likeness (QED) is 0.746. The van der Waals surface area contributed by atoms with Crippen LogP contribution in [0.15, 0.2) is 18.2 Å². The molecular weight excluding hydrogens is 377 g/mol. The Bertz CT molecular complexity index is 681. The topological polar surface area (TPSA) is 66.8 Å². The van der Waals surface area contributed by atoms with E-state index in [0.29, 0.717) is 23.1 Å². The molecule has 2 atom stereocenters. The predicted molar refractivity (Wildman–Crippen MR) is 101 cm³/mol. The van der Waals surface area contributed by atoms with Gasteiger partial charge in [-0.1, -0.05) is 36.2 Å². The van der Waals surface area contributed by atoms with Crippen molar-refractivity contribution >= 4 is 35.1 Å². The minimum Gasteiger partial charge on any atom is -0.481 e. The number of benzene rings is 1. The van der Waals surface area contributed by atoms with Crippen LogP contribution in [0.2, 0.25) is 10.0 Å². The molecule has 2 rings (SSSR count). The maximum Gasteiger partial charge on any atom is 0.311 e. The van der Waals surface area contributed by atoms with Gasteiger partial charge in [0.05, 0.1) is 11.8 Å². The maximum atomic E-state index is 12.3. The van der Waals surface area contributed by atoms with E-state index in [-0.39, 0.29) is 18.9 Å². The Labute approximate surface area is 164 Å². The molecule has 5 nitrogen and oxygen atoms in total. The molecule has 144 valence electrons. The lowest BCUT2D eigenvalue weighted by atomic mass is 9.76. The highest BCUT2D eigenvalue weighted by Gasteiger charge is 2.52. The van der Waals surface area contributed by atoms with Crippen LogP contribution in [-0.2, 0) is 20.9 Å². The second-order valence-corrected chi connectivity index (χ2v) is 8.81. The predicted octanol–water partition coefficient (Wildman–Crippen LogP) is 4.25. The van der Waals surface area contributed by atoms with Crippen LogP contribution in [0.1, 0.15) is 39.7 Å². The molecule has 1 aliphatic rings. The van der Waals surface area contributed by atoms with Crippen molar-refractivity contribution in [3.05, 3.63) is 33.8 Å². The fourth-order valence-electron chi connectivity index (χ4n) is 3.43. The van der Waals surface area contributed by atoms with Gasteiger partial charge in [0.2, 0.25) is 0 Å². The van der Waals surface area contributed by atoms with Crippen LogP contribution in [0, 0.1) is 11.3 Å². The lowest BCUT2D eigenvalue weighted by molar-refractivity contribution is -0.166. The van der Waals surface area contributed by atoms with E-state index in [0.717, 1.165) is 5.56 Å². The van der Waals surface area contributed by atoms with Gasteiger partial charge in [-0.2, -0.15) is 0 Å². The summed E-state index contributed by atoms with van der Waals surface area (Å²) in [7, 11) is 0. The van der Waals surface area contributed by atoms with Crippen LogP contribution < -0.4 is 0 Å². The standard InChI is InChI=1S/C19H25Cl2NO4/c1-12-9-22(10-13-14(20)6-5-7-15(13)21)11-19(12,17(24)25)8-16(23)26-18(2,3)4/h5-7,12H,8-11H2,1-4H3,(H,24,25)/t12-,19+/m0/s1. The minimum atomic E-state index is -1.18. The van der Waals surface area contributed by atoms with E-state index in [2.05, 4.69) is 0 Å². The van der Waals surface area contributed by atoms with Crippen LogP contribution in [0.5, 0.6) is 0 Å². The van der Waals surface area contributed by atoms with E-state index >= 15 is 0 Å². The highest BCUT2D eigenvalue weighted by atomic mass is 35.5. The number of carboxylic acids is 1. The van der Waals surface area contributed by atoms with Crippen molar-refractivity contribution in [1.29, 1.82) is 0 Å². The number of aliphatic carboxylic acids is 1. The molecule has 0 bridgehead atoms. The fraction of sp³-hybridized carbons (Fsp3) is 0.579. The Morgan fingerprint density at radius 2 is 1.88 bits per heavy atom. The number of hydrogen-bond donors (Lipinski definition) is 1. The van der Waals surface area contributed by atoms with Crippen LogP contribution in [0.3, 0.4) is 0 Å². The lowest BCUT2D eigenvalue weighted by Gasteiger charge is -2.29. The Morgan fingerprint density at radius 3 is 2.38 bits per heavy atom. The molecule has 26 heavy (non-hydrogen) atoms. The van der Waals surface area contributed by atoms with Gasteiger partial charge in [-0.3, -0.25) is 14.5 Å². The normalized spacial score (nSPS) is 23.8. The van der Waals surface area contributed by atoms with Crippen molar-refractivity contribution in [2.45, 2.75) is 46.3 Å². The molecule has 0 radical (unpaired) electrons. The summed E-state index contributed by atoms with van der Waals surface area (Å²) in [6.45, 7) is 8.37. The molecule has 0 amide bonds. The average Bonchev–Trinajstić information content (AvgIpc) is 2.78. The first kappa shape index (κ1) is 21.0. The molecule has 0 unspecified atom stereocenters. The van der Waals surface area contributed by atoms with Gasteiger partial charge in [-0.15, -0.1) is 0 Å². The Morgan fingerprint density at radius 1 is 1.31 bits per heavy atom. The van der Waals surface area contributed by atoms with Gasteiger partial charge in [0.15, 0.2) is 0 Å². The minimum absolute atomic E-state index is 0.159. The molecule has 1 heterocycles. The summed E-state index contributed by atoms with van der Waals surface area (Å²) in [6.07, 6.45) is -0.159. The van der Waals surface area contributed by atoms with E-state index in [1.54, 1.807) is 39.0 Å². The molecule has 0 spiro atoms. The number of nitrogens with zero attached hydrogens (tertiary/aromatic N) is 1. The molecule has 0 aliphatic carbocycles. The van der Waals surface area contributed by atoms with Crippen molar-refractivity contribution in [3.63, 3.8) is 0 Å². The Hall–Kier alpha value is -1.30. The van der Waals surface area contributed by atoms with Crippen LogP contribution in [0.25, 0.3) is 0 Å². The van der Waals surface area contributed by atoms with Gasteiger partial charge in [-0.05, 0) is 38.8 Å². The Kier molecular flexibility index (Phi) is 6.26. The summed E-state index contributed by atoms with van der Waals surface area (Å²) in [5.74, 6) is -1.69. The van der Waals surface area contributed by atoms with Gasteiger partial charge in [0.1, 0.15) is 5.60 Å². The fourth-order valence-corrected chi connectivity index (χ4v) is 3.95. The van der Waals surface area contributed by atoms with E-state index in [1.807, 2.05) is 11.8 Å². The highest BCUT2D eigenvalue weighted by molar-refractivity contribution is 6.35. The third-order valence-electron chi connectivity index (χ3n) is 4.73. The van der Waals surface area contributed by atoms with Crippen molar-refractivity contribution in [2.75, 3.05) is 13.1 Å². The summed E-state index contributed by atoms with van der Waals surface area (Å²) >= 11 is 12.5. The van der Waals surface area contributed by atoms with Crippen molar-refractivity contribution in [3.8, 4) is 0 Å². The van der Waals surface area contributed by atoms with E-state index in [9.17, 15) is 14.7 Å². The number of carbonyl (C=O) groups is 2. The molecule has 1 N–H and O–H groups in total. The van der Waals surface area contributed by atoms with Gasteiger partial charge < -0.3 is 9.84 Å². The van der Waals surface area contributed by atoms with Crippen molar-refractivity contribution in [1.82, 2.24) is 4.90 Å². The van der Waals surface area contributed by atoms with Crippen molar-refractivity contribution in [2.24, 2.45) is 11.3 Å². The number of halogens is 2. The third-order valence-corrected chi connectivity index (χ3v) is 5.44. The monoisotopic (exact) mass is 401 g/mol. The Balaban J connectivity index is 2.19. The number of rotatable bonds is 5. The lowest BCUT2D eigenvalue weighted by Crippen LogP contribution is -2.41. The van der Waals surface area contributed by atoms with E-state index < -0.39 is 23.0 Å². The second-order valence-electron chi connectivity index (χ2n) is 8.00. The number of esters is 1. The summed E-state index contributed by atoms with van der Waals surface area (Å²) in [6, 6.07) is 5.28. The maximum absolute atomic E-state index is 12.3. The molecule has 1 aromatic carbocycles. The first-order valence-electron chi connectivity index (χ1n) is 8.55. The summed E-state index contributed by atoms with van der Waals surface area (Å²) in [5.41, 5.74) is -1.07. The van der Waals surface area contributed by atoms with Crippen LogP contribution in [0.4, 0.5) is 0 Å². The molecule has 1 aliphatic heterocycles. The molecule has 1 saturated heterocycles. The van der Waals surface area contributed by atoms with Crippen LogP contribution >= 0.6 is 23.2 Å².